The first-order valence-electron chi connectivity index (χ1n) is 14.0. The number of hydrogen-bond donors (Lipinski definition) is 4. The molecule has 3 aromatic carbocycles. The highest BCUT2D eigenvalue weighted by Gasteiger charge is 2.20. The van der Waals surface area contributed by atoms with E-state index in [0.717, 1.165) is 12.8 Å². The van der Waals surface area contributed by atoms with E-state index in [0.29, 0.717) is 25.9 Å². The maximum absolute atomic E-state index is 13.0. The Bertz CT molecular complexity index is 1550. The fourth-order valence-electron chi connectivity index (χ4n) is 4.00. The van der Waals surface area contributed by atoms with Gasteiger partial charge < -0.3 is 20.1 Å². The van der Waals surface area contributed by atoms with Crippen LogP contribution in [0.3, 0.4) is 0 Å². The van der Waals surface area contributed by atoms with E-state index in [1.54, 1.807) is 0 Å². The van der Waals surface area contributed by atoms with E-state index in [1.165, 1.54) is 74.9 Å². The van der Waals surface area contributed by atoms with Gasteiger partial charge >= 0.3 is 0 Å². The SMILES string of the molecule is CCCCNS(=O)(=O)c1ccc(OC)c(NC(=O)c2ccc(C(=O)Nc3cc(S(=O)(=O)NCCCC)ccc3OC)cc2)c1. The fraction of sp³-hybridized carbons (Fsp3) is 0.333. The Balaban J connectivity index is 1.76. The Morgan fingerprint density at radius 2 is 0.977 bits per heavy atom. The quantitative estimate of drug-likeness (QED) is 0.166. The lowest BCUT2D eigenvalue weighted by Gasteiger charge is -2.14. The molecule has 44 heavy (non-hydrogen) atoms. The van der Waals surface area contributed by atoms with Crippen LogP contribution in [0.15, 0.2) is 70.5 Å². The maximum Gasteiger partial charge on any atom is 0.255 e. The van der Waals surface area contributed by atoms with Gasteiger partial charge in [0.05, 0.1) is 35.4 Å². The van der Waals surface area contributed by atoms with Crippen molar-refractivity contribution in [1.29, 1.82) is 0 Å². The molecule has 0 spiro atoms. The van der Waals surface area contributed by atoms with E-state index >= 15 is 0 Å². The minimum Gasteiger partial charge on any atom is -0.495 e. The Morgan fingerprint density at radius 3 is 1.30 bits per heavy atom. The summed E-state index contributed by atoms with van der Waals surface area (Å²) >= 11 is 0. The molecule has 0 bridgehead atoms. The van der Waals surface area contributed by atoms with Crippen LogP contribution in [-0.2, 0) is 20.0 Å². The molecule has 0 aromatic heterocycles. The Hall–Kier alpha value is -3.98. The topological polar surface area (TPSA) is 169 Å². The van der Waals surface area contributed by atoms with Crippen molar-refractivity contribution in [3.05, 3.63) is 71.8 Å². The van der Waals surface area contributed by atoms with Gasteiger partial charge in [-0.1, -0.05) is 26.7 Å². The number of benzene rings is 3. The molecule has 0 saturated heterocycles. The molecule has 4 N–H and O–H groups in total. The Kier molecular flexibility index (Phi) is 12.3. The number of ether oxygens (including phenoxy) is 2. The van der Waals surface area contributed by atoms with Crippen LogP contribution in [0.4, 0.5) is 11.4 Å². The molecule has 0 fully saturated rings. The zero-order valence-corrected chi connectivity index (χ0v) is 26.7. The van der Waals surface area contributed by atoms with Crippen molar-refractivity contribution in [3.63, 3.8) is 0 Å². The summed E-state index contributed by atoms with van der Waals surface area (Å²) in [6.07, 6.45) is 3.03. The number of carbonyl (C=O) groups excluding carboxylic acids is 2. The molecule has 0 atom stereocenters. The number of carbonyl (C=O) groups is 2. The van der Waals surface area contributed by atoms with Gasteiger partial charge in [0.1, 0.15) is 11.5 Å². The fourth-order valence-corrected chi connectivity index (χ4v) is 6.20. The minimum atomic E-state index is -3.79. The predicted octanol–water partition coefficient (Wildman–Crippen LogP) is 4.37. The number of unbranched alkanes of at least 4 members (excludes halogenated alkanes) is 2. The summed E-state index contributed by atoms with van der Waals surface area (Å²) in [6.45, 7) is 4.49. The molecular formula is C30H38N4O8S2. The number of methoxy groups -OCH3 is 2. The summed E-state index contributed by atoms with van der Waals surface area (Å²) in [7, 11) is -4.78. The first-order valence-corrected chi connectivity index (χ1v) is 17.0. The van der Waals surface area contributed by atoms with Crippen LogP contribution >= 0.6 is 0 Å². The first kappa shape index (κ1) is 34.5. The van der Waals surface area contributed by atoms with Gasteiger partial charge in [0, 0.05) is 24.2 Å². The highest BCUT2D eigenvalue weighted by Crippen LogP contribution is 2.29. The Morgan fingerprint density at radius 1 is 0.614 bits per heavy atom. The molecule has 14 heteroatoms. The molecule has 0 aliphatic heterocycles. The van der Waals surface area contributed by atoms with Crippen molar-refractivity contribution in [2.45, 2.75) is 49.3 Å². The highest BCUT2D eigenvalue weighted by molar-refractivity contribution is 7.89. The number of anilines is 2. The van der Waals surface area contributed by atoms with E-state index in [1.807, 2.05) is 13.8 Å². The third-order valence-corrected chi connectivity index (χ3v) is 9.43. The summed E-state index contributed by atoms with van der Waals surface area (Å²) in [5.41, 5.74) is 0.705. The number of amides is 2. The third kappa shape index (κ3) is 9.02. The van der Waals surface area contributed by atoms with Crippen molar-refractivity contribution >= 4 is 43.2 Å². The van der Waals surface area contributed by atoms with Gasteiger partial charge in [0.2, 0.25) is 20.0 Å². The molecule has 2 amide bonds. The summed E-state index contributed by atoms with van der Waals surface area (Å²) in [6, 6.07) is 14.0. The van der Waals surface area contributed by atoms with Crippen LogP contribution in [0.2, 0.25) is 0 Å². The summed E-state index contributed by atoms with van der Waals surface area (Å²) in [5, 5.41) is 5.33. The highest BCUT2D eigenvalue weighted by atomic mass is 32.2. The second kappa shape index (κ2) is 15.7. The molecule has 0 heterocycles. The van der Waals surface area contributed by atoms with Gasteiger partial charge in [-0.05, 0) is 73.5 Å². The van der Waals surface area contributed by atoms with E-state index < -0.39 is 31.9 Å². The van der Waals surface area contributed by atoms with Gasteiger partial charge in [-0.3, -0.25) is 9.59 Å². The lowest BCUT2D eigenvalue weighted by Crippen LogP contribution is -2.25. The second-order valence-electron chi connectivity index (χ2n) is 9.71. The first-order chi connectivity index (χ1) is 20.9. The lowest BCUT2D eigenvalue weighted by molar-refractivity contribution is 0.101. The predicted molar refractivity (Wildman–Crippen MR) is 169 cm³/mol. The van der Waals surface area contributed by atoms with Crippen molar-refractivity contribution < 1.29 is 35.9 Å². The van der Waals surface area contributed by atoms with Crippen LogP contribution in [0.5, 0.6) is 11.5 Å². The van der Waals surface area contributed by atoms with Gasteiger partial charge in [0.25, 0.3) is 11.8 Å². The van der Waals surface area contributed by atoms with E-state index in [4.69, 9.17) is 9.47 Å². The number of sulfonamides is 2. The monoisotopic (exact) mass is 646 g/mol. The lowest BCUT2D eigenvalue weighted by atomic mass is 10.1. The largest absolute Gasteiger partial charge is 0.495 e. The number of hydrogen-bond acceptors (Lipinski definition) is 8. The third-order valence-electron chi connectivity index (χ3n) is 6.51. The average Bonchev–Trinajstić information content (AvgIpc) is 3.01. The van der Waals surface area contributed by atoms with Crippen LogP contribution < -0.4 is 29.6 Å². The maximum atomic E-state index is 13.0. The van der Waals surface area contributed by atoms with Gasteiger partial charge in [-0.2, -0.15) is 0 Å². The van der Waals surface area contributed by atoms with Crippen molar-refractivity contribution in [2.24, 2.45) is 0 Å². The van der Waals surface area contributed by atoms with Crippen molar-refractivity contribution in [3.8, 4) is 11.5 Å². The van der Waals surface area contributed by atoms with Crippen molar-refractivity contribution in [2.75, 3.05) is 37.9 Å². The van der Waals surface area contributed by atoms with E-state index in [-0.39, 0.29) is 43.8 Å². The van der Waals surface area contributed by atoms with Gasteiger partial charge in [0.15, 0.2) is 0 Å². The summed E-state index contributed by atoms with van der Waals surface area (Å²) in [4.78, 5) is 26.0. The summed E-state index contributed by atoms with van der Waals surface area (Å²) < 4.78 is 66.3. The molecule has 12 nitrogen and oxygen atoms in total. The minimum absolute atomic E-state index is 0.0271. The normalized spacial score (nSPS) is 11.5. The zero-order valence-electron chi connectivity index (χ0n) is 25.1. The van der Waals surface area contributed by atoms with Crippen LogP contribution in [-0.4, -0.2) is 56.0 Å². The number of nitrogens with one attached hydrogen (secondary N) is 4. The van der Waals surface area contributed by atoms with Crippen molar-refractivity contribution in [1.82, 2.24) is 9.44 Å². The van der Waals surface area contributed by atoms with E-state index in [2.05, 4.69) is 20.1 Å². The van der Waals surface area contributed by atoms with Crippen LogP contribution in [0.1, 0.15) is 60.2 Å². The molecular weight excluding hydrogens is 608 g/mol. The van der Waals surface area contributed by atoms with Crippen LogP contribution in [0, 0.1) is 0 Å². The standard InChI is InChI=1S/C30H38N4O8S2/c1-5-7-17-31-43(37,38)23-13-15-27(41-3)25(19-23)33-29(35)21-9-11-22(12-10-21)30(36)34-26-20-24(14-16-28(26)42-4)44(39,40)32-18-8-6-2/h9-16,19-20,31-32H,5-8,17-18H2,1-4H3,(H,33,35)(H,34,36). The Labute approximate surface area is 258 Å². The number of rotatable bonds is 16. The molecule has 0 radical (unpaired) electrons. The smallest absolute Gasteiger partial charge is 0.255 e. The zero-order chi connectivity index (χ0) is 32.3. The van der Waals surface area contributed by atoms with E-state index in [9.17, 15) is 26.4 Å². The average molecular weight is 647 g/mol. The molecule has 0 aliphatic rings. The second-order valence-corrected chi connectivity index (χ2v) is 13.2. The van der Waals surface area contributed by atoms with Gasteiger partial charge in [-0.25, -0.2) is 26.3 Å². The summed E-state index contributed by atoms with van der Waals surface area (Å²) in [5.74, 6) is -0.584. The molecule has 3 rings (SSSR count). The van der Waals surface area contributed by atoms with Gasteiger partial charge in [-0.15, -0.1) is 0 Å². The molecule has 0 unspecified atom stereocenters. The van der Waals surface area contributed by atoms with Crippen LogP contribution in [0.25, 0.3) is 0 Å². The molecule has 3 aromatic rings. The molecule has 0 saturated carbocycles. The molecule has 238 valence electrons. The molecule has 0 aliphatic carbocycles.